The van der Waals surface area contributed by atoms with Crippen LogP contribution in [0.1, 0.15) is 45.7 Å². The fourth-order valence-corrected chi connectivity index (χ4v) is 3.83. The molecule has 2 aromatic rings. The van der Waals surface area contributed by atoms with Crippen molar-refractivity contribution in [1.29, 1.82) is 0 Å². The smallest absolute Gasteiger partial charge is 0.324 e. The summed E-state index contributed by atoms with van der Waals surface area (Å²) in [5.74, 6) is 1.15. The Morgan fingerprint density at radius 2 is 1.85 bits per heavy atom. The van der Waals surface area contributed by atoms with E-state index in [0.29, 0.717) is 23.0 Å². The molecule has 1 saturated carbocycles. The number of urea groups is 1. The highest BCUT2D eigenvalue weighted by atomic mass is 16.5. The van der Waals surface area contributed by atoms with E-state index < -0.39 is 6.03 Å². The van der Waals surface area contributed by atoms with Crippen molar-refractivity contribution in [3.63, 3.8) is 0 Å². The normalized spacial score (nSPS) is 17.7. The maximum atomic E-state index is 12.8. The van der Waals surface area contributed by atoms with Gasteiger partial charge in [-0.2, -0.15) is 14.8 Å². The average molecular weight is 453 g/mol. The van der Waals surface area contributed by atoms with Gasteiger partial charge in [0.25, 0.3) is 11.9 Å². The van der Waals surface area contributed by atoms with Gasteiger partial charge in [-0.1, -0.05) is 20.8 Å². The number of nitrogens with one attached hydrogen (secondary N) is 2. The number of aromatic nitrogens is 2. The predicted octanol–water partition coefficient (Wildman–Crippen LogP) is 3.83. The lowest BCUT2D eigenvalue weighted by molar-refractivity contribution is -0.119. The van der Waals surface area contributed by atoms with E-state index in [4.69, 9.17) is 9.47 Å². The fourth-order valence-electron chi connectivity index (χ4n) is 3.83. The van der Waals surface area contributed by atoms with Crippen LogP contribution in [-0.4, -0.2) is 47.6 Å². The van der Waals surface area contributed by atoms with Crippen molar-refractivity contribution in [1.82, 2.24) is 9.78 Å². The van der Waals surface area contributed by atoms with Gasteiger partial charge in [0.1, 0.15) is 5.82 Å². The molecule has 1 aromatic heterocycles. The molecule has 0 spiro atoms. The van der Waals surface area contributed by atoms with Gasteiger partial charge in [0, 0.05) is 28.9 Å². The van der Waals surface area contributed by atoms with E-state index in [1.807, 2.05) is 20.8 Å². The standard InChI is InChI=1S/C23H28N6O4/c1-23(2,3)18-12-19(26-22(31)24-13-9-10-16(32-4)17(11-13)33-5)29(28-18)21-25-15-8-6-7-14(15)20(30)27-21/h9-12,14H,6-8H2,1-5H3,(H2,24,26,31). The Morgan fingerprint density at radius 3 is 2.55 bits per heavy atom. The third-order valence-electron chi connectivity index (χ3n) is 5.63. The Kier molecular flexibility index (Phi) is 5.92. The maximum absolute atomic E-state index is 12.8. The Labute approximate surface area is 192 Å². The quantitative estimate of drug-likeness (QED) is 0.731. The minimum absolute atomic E-state index is 0.171. The molecule has 2 N–H and O–H groups in total. The van der Waals surface area contributed by atoms with Gasteiger partial charge in [0.2, 0.25) is 0 Å². The van der Waals surface area contributed by atoms with E-state index in [9.17, 15) is 9.59 Å². The van der Waals surface area contributed by atoms with Crippen molar-refractivity contribution >= 4 is 35.1 Å². The predicted molar refractivity (Wildman–Crippen MR) is 126 cm³/mol. The van der Waals surface area contributed by atoms with Crippen molar-refractivity contribution in [2.24, 2.45) is 15.9 Å². The van der Waals surface area contributed by atoms with Crippen LogP contribution in [0.3, 0.4) is 0 Å². The number of amides is 3. The summed E-state index contributed by atoms with van der Waals surface area (Å²) >= 11 is 0. The van der Waals surface area contributed by atoms with Crippen LogP contribution in [0.25, 0.3) is 0 Å². The molecule has 1 unspecified atom stereocenters. The highest BCUT2D eigenvalue weighted by Crippen LogP contribution is 2.31. The van der Waals surface area contributed by atoms with Crippen LogP contribution < -0.4 is 20.1 Å². The number of fused-ring (bicyclic) bond motifs is 1. The third kappa shape index (κ3) is 4.59. The first kappa shape index (κ1) is 22.5. The molecule has 4 rings (SSSR count). The number of methoxy groups -OCH3 is 2. The van der Waals surface area contributed by atoms with E-state index in [2.05, 4.69) is 25.7 Å². The second-order valence-electron chi connectivity index (χ2n) is 9.02. The van der Waals surface area contributed by atoms with E-state index in [-0.39, 0.29) is 23.2 Å². The lowest BCUT2D eigenvalue weighted by atomic mass is 9.92. The number of anilines is 2. The van der Waals surface area contributed by atoms with Crippen molar-refractivity contribution in [3.8, 4) is 11.5 Å². The molecular formula is C23H28N6O4. The van der Waals surface area contributed by atoms with Gasteiger partial charge in [-0.15, -0.1) is 0 Å². The first-order chi connectivity index (χ1) is 15.7. The van der Waals surface area contributed by atoms with Crippen LogP contribution >= 0.6 is 0 Å². The molecular weight excluding hydrogens is 424 g/mol. The minimum Gasteiger partial charge on any atom is -0.493 e. The first-order valence-electron chi connectivity index (χ1n) is 10.8. The van der Waals surface area contributed by atoms with Crippen LogP contribution in [-0.2, 0) is 10.2 Å². The summed E-state index contributed by atoms with van der Waals surface area (Å²) in [5.41, 5.74) is 1.79. The van der Waals surface area contributed by atoms with Gasteiger partial charge in [0.05, 0.1) is 25.8 Å². The molecule has 0 bridgehead atoms. The summed E-state index contributed by atoms with van der Waals surface area (Å²) in [6.45, 7) is 6.04. The summed E-state index contributed by atoms with van der Waals surface area (Å²) < 4.78 is 11.9. The van der Waals surface area contributed by atoms with Gasteiger partial charge < -0.3 is 14.8 Å². The van der Waals surface area contributed by atoms with E-state index in [1.54, 1.807) is 31.4 Å². The molecule has 2 heterocycles. The summed E-state index contributed by atoms with van der Waals surface area (Å²) in [6, 6.07) is 6.34. The largest absolute Gasteiger partial charge is 0.493 e. The molecule has 1 aliphatic carbocycles. The molecule has 2 aliphatic rings. The van der Waals surface area contributed by atoms with Gasteiger partial charge in [-0.25, -0.2) is 9.79 Å². The molecule has 10 heteroatoms. The fraction of sp³-hybridized carbons (Fsp3) is 0.435. The third-order valence-corrected chi connectivity index (χ3v) is 5.63. The van der Waals surface area contributed by atoms with E-state index in [0.717, 1.165) is 30.7 Å². The highest BCUT2D eigenvalue weighted by molar-refractivity contribution is 6.17. The Morgan fingerprint density at radius 1 is 1.09 bits per heavy atom. The summed E-state index contributed by atoms with van der Waals surface area (Å²) in [4.78, 5) is 34.1. The lowest BCUT2D eigenvalue weighted by Gasteiger charge is -2.16. The molecule has 10 nitrogen and oxygen atoms in total. The zero-order chi connectivity index (χ0) is 23.8. The number of hydrogen-bond acceptors (Lipinski definition) is 6. The van der Waals surface area contributed by atoms with Crippen LogP contribution in [0.5, 0.6) is 11.5 Å². The number of aliphatic imine (C=N–C) groups is 2. The van der Waals surface area contributed by atoms with Gasteiger partial charge in [-0.05, 0) is 31.4 Å². The molecule has 0 radical (unpaired) electrons. The SMILES string of the molecule is COc1ccc(NC(=O)Nc2cc(C(C)(C)C)nn2C2=NC(=O)C3CCCC3=N2)cc1OC. The molecule has 1 fully saturated rings. The number of carbonyl (C=O) groups excluding carboxylic acids is 2. The summed E-state index contributed by atoms with van der Waals surface area (Å²) in [7, 11) is 3.07. The van der Waals surface area contributed by atoms with Gasteiger partial charge in [0.15, 0.2) is 11.5 Å². The second kappa shape index (κ2) is 8.68. The first-order valence-corrected chi connectivity index (χ1v) is 10.8. The van der Waals surface area contributed by atoms with E-state index >= 15 is 0 Å². The maximum Gasteiger partial charge on any atom is 0.324 e. The topological polar surface area (TPSA) is 119 Å². The molecule has 1 aromatic carbocycles. The molecule has 33 heavy (non-hydrogen) atoms. The monoisotopic (exact) mass is 452 g/mol. The second-order valence-corrected chi connectivity index (χ2v) is 9.02. The Hall–Kier alpha value is -3.69. The molecule has 1 atom stereocenters. The number of nitrogens with zero attached hydrogens (tertiary/aromatic N) is 4. The number of carbonyl (C=O) groups is 2. The highest BCUT2D eigenvalue weighted by Gasteiger charge is 2.34. The van der Waals surface area contributed by atoms with Crippen LogP contribution in [0.2, 0.25) is 0 Å². The van der Waals surface area contributed by atoms with Crippen molar-refractivity contribution < 1.29 is 19.1 Å². The zero-order valence-electron chi connectivity index (χ0n) is 19.4. The van der Waals surface area contributed by atoms with Crippen molar-refractivity contribution in [2.45, 2.75) is 45.4 Å². The minimum atomic E-state index is -0.488. The van der Waals surface area contributed by atoms with E-state index in [1.165, 1.54) is 11.8 Å². The van der Waals surface area contributed by atoms with Gasteiger partial charge >= 0.3 is 6.03 Å². The number of rotatable bonds is 4. The number of benzene rings is 1. The lowest BCUT2D eigenvalue weighted by Crippen LogP contribution is -2.29. The molecule has 174 valence electrons. The summed E-state index contributed by atoms with van der Waals surface area (Å²) in [5, 5.41) is 10.2. The van der Waals surface area contributed by atoms with Crippen LogP contribution in [0.15, 0.2) is 34.3 Å². The average Bonchev–Trinajstić information content (AvgIpc) is 3.40. The zero-order valence-corrected chi connectivity index (χ0v) is 19.4. The van der Waals surface area contributed by atoms with Crippen molar-refractivity contribution in [2.75, 3.05) is 24.9 Å². The van der Waals surface area contributed by atoms with Crippen LogP contribution in [0.4, 0.5) is 16.3 Å². The molecule has 0 saturated heterocycles. The Balaban J connectivity index is 1.62. The van der Waals surface area contributed by atoms with Crippen LogP contribution in [0, 0.1) is 5.92 Å². The number of ether oxygens (including phenoxy) is 2. The van der Waals surface area contributed by atoms with Gasteiger partial charge in [-0.3, -0.25) is 10.1 Å². The molecule has 3 amide bonds. The summed E-state index contributed by atoms with van der Waals surface area (Å²) in [6.07, 6.45) is 2.47. The van der Waals surface area contributed by atoms with Crippen molar-refractivity contribution in [3.05, 3.63) is 30.0 Å². The molecule has 1 aliphatic heterocycles. The Bertz CT molecular complexity index is 1160. The number of hydrogen-bond donors (Lipinski definition) is 2.